The first kappa shape index (κ1) is 16.7. The molecule has 4 heteroatoms. The minimum Gasteiger partial charge on any atom is -0.391 e. The van der Waals surface area contributed by atoms with E-state index < -0.39 is 8.56 Å². The number of hydrogen-bond donors (Lipinski definition) is 0. The minimum absolute atomic E-state index is 0.224. The summed E-state index contributed by atoms with van der Waals surface area (Å²) in [6, 6.07) is 8.63. The summed E-state index contributed by atoms with van der Waals surface area (Å²) in [6.45, 7) is 9.63. The molecule has 1 rings (SSSR count). The Labute approximate surface area is 123 Å². The van der Waals surface area contributed by atoms with Gasteiger partial charge in [0.25, 0.3) is 0 Å². The zero-order chi connectivity index (χ0) is 14.3. The maximum atomic E-state index is 6.11. The van der Waals surface area contributed by atoms with E-state index in [0.29, 0.717) is 19.1 Å². The molecule has 0 aliphatic rings. The molecule has 0 amide bonds. The molecule has 1 aromatic rings. The summed E-state index contributed by atoms with van der Waals surface area (Å²) in [5, 5.41) is 1.18. The Balaban J connectivity index is 3.17. The molecule has 0 fully saturated rings. The van der Waals surface area contributed by atoms with Gasteiger partial charge in [0.2, 0.25) is 0 Å². The number of halogens is 1. The predicted octanol–water partition coefficient (Wildman–Crippen LogP) is 3.60. The van der Waals surface area contributed by atoms with Crippen molar-refractivity contribution in [1.82, 2.24) is 0 Å². The van der Waals surface area contributed by atoms with Gasteiger partial charge in [-0.1, -0.05) is 38.1 Å². The van der Waals surface area contributed by atoms with Gasteiger partial charge < -0.3 is 8.85 Å². The Kier molecular flexibility index (Phi) is 7.08. The molecular formula is C15H25ClO2Si. The maximum absolute atomic E-state index is 6.11. The monoisotopic (exact) mass is 300 g/mol. The van der Waals surface area contributed by atoms with Gasteiger partial charge in [-0.05, 0) is 31.0 Å². The number of rotatable bonds is 8. The fraction of sp³-hybridized carbons (Fsp3) is 0.600. The van der Waals surface area contributed by atoms with Crippen LogP contribution in [0.15, 0.2) is 24.3 Å². The summed E-state index contributed by atoms with van der Waals surface area (Å²) in [5.74, 6) is 0.557. The number of hydrogen-bond acceptors (Lipinski definition) is 2. The van der Waals surface area contributed by atoms with Crippen molar-refractivity contribution < 1.29 is 8.85 Å². The van der Waals surface area contributed by atoms with Crippen LogP contribution in [-0.4, -0.2) is 27.7 Å². The van der Waals surface area contributed by atoms with E-state index in [-0.39, 0.29) is 5.54 Å². The molecule has 2 nitrogen and oxygen atoms in total. The molecule has 0 spiro atoms. The molecule has 0 N–H and O–H groups in total. The van der Waals surface area contributed by atoms with E-state index in [9.17, 15) is 0 Å². The molecule has 1 atom stereocenters. The Hall–Kier alpha value is -0.353. The van der Waals surface area contributed by atoms with Crippen LogP contribution in [0.2, 0.25) is 5.54 Å². The van der Waals surface area contributed by atoms with E-state index >= 15 is 0 Å². The number of alkyl halides is 1. The average Bonchev–Trinajstić information content (AvgIpc) is 2.46. The van der Waals surface area contributed by atoms with E-state index in [2.05, 4.69) is 38.1 Å². The van der Waals surface area contributed by atoms with Crippen molar-refractivity contribution in [2.24, 2.45) is 0 Å². The molecule has 0 heterocycles. The van der Waals surface area contributed by atoms with Crippen LogP contribution < -0.4 is 5.19 Å². The molecule has 0 aliphatic carbocycles. The third-order valence-corrected chi connectivity index (χ3v) is 8.16. The fourth-order valence-electron chi connectivity index (χ4n) is 2.28. The molecule has 0 radical (unpaired) electrons. The molecular weight excluding hydrogens is 276 g/mol. The topological polar surface area (TPSA) is 18.5 Å². The Bertz CT molecular complexity index is 361. The van der Waals surface area contributed by atoms with E-state index in [1.165, 1.54) is 10.8 Å². The lowest BCUT2D eigenvalue weighted by atomic mass is 10.2. The SMILES string of the molecule is CCO[Si](OCC)(c1ccc(CC)cc1)C(C)CCl. The number of benzene rings is 1. The zero-order valence-corrected chi connectivity index (χ0v) is 14.2. The lowest BCUT2D eigenvalue weighted by Gasteiger charge is -2.34. The largest absolute Gasteiger partial charge is 0.391 e. The first-order valence-electron chi connectivity index (χ1n) is 7.07. The van der Waals surface area contributed by atoms with Crippen LogP contribution in [0.25, 0.3) is 0 Å². The average molecular weight is 301 g/mol. The summed E-state index contributed by atoms with van der Waals surface area (Å²) in [5.41, 5.74) is 1.56. The lowest BCUT2D eigenvalue weighted by Crippen LogP contribution is -2.57. The Morgan fingerprint density at radius 3 is 1.95 bits per heavy atom. The van der Waals surface area contributed by atoms with Crippen LogP contribution in [0.5, 0.6) is 0 Å². The van der Waals surface area contributed by atoms with Gasteiger partial charge in [-0.25, -0.2) is 0 Å². The summed E-state index contributed by atoms with van der Waals surface area (Å²) >= 11 is 6.09. The van der Waals surface area contributed by atoms with Crippen LogP contribution in [0.4, 0.5) is 0 Å². The van der Waals surface area contributed by atoms with Gasteiger partial charge >= 0.3 is 8.56 Å². The second kappa shape index (κ2) is 8.05. The first-order valence-corrected chi connectivity index (χ1v) is 9.50. The quantitative estimate of drug-likeness (QED) is 0.539. The number of aryl methyl sites for hydroxylation is 1. The van der Waals surface area contributed by atoms with Gasteiger partial charge in [-0.2, -0.15) is 0 Å². The van der Waals surface area contributed by atoms with Gasteiger partial charge in [-0.15, -0.1) is 11.6 Å². The van der Waals surface area contributed by atoms with Crippen LogP contribution in [-0.2, 0) is 15.3 Å². The first-order chi connectivity index (χ1) is 9.14. The molecule has 0 saturated heterocycles. The van der Waals surface area contributed by atoms with E-state index in [4.69, 9.17) is 20.5 Å². The van der Waals surface area contributed by atoms with Crippen LogP contribution in [0.3, 0.4) is 0 Å². The predicted molar refractivity (Wildman–Crippen MR) is 84.6 cm³/mol. The van der Waals surface area contributed by atoms with E-state index in [1.807, 2.05) is 13.8 Å². The van der Waals surface area contributed by atoms with E-state index in [0.717, 1.165) is 6.42 Å². The molecule has 1 unspecified atom stereocenters. The lowest BCUT2D eigenvalue weighted by molar-refractivity contribution is 0.189. The molecule has 1 aromatic carbocycles. The second-order valence-electron chi connectivity index (χ2n) is 4.64. The Morgan fingerprint density at radius 2 is 1.58 bits per heavy atom. The third-order valence-electron chi connectivity index (χ3n) is 3.36. The minimum atomic E-state index is -2.44. The van der Waals surface area contributed by atoms with Crippen LogP contribution in [0, 0.1) is 0 Å². The molecule has 0 aromatic heterocycles. The summed E-state index contributed by atoms with van der Waals surface area (Å²) < 4.78 is 12.2. The highest BCUT2D eigenvalue weighted by atomic mass is 35.5. The van der Waals surface area contributed by atoms with Crippen molar-refractivity contribution in [2.75, 3.05) is 19.1 Å². The van der Waals surface area contributed by atoms with Crippen molar-refractivity contribution in [3.05, 3.63) is 29.8 Å². The summed E-state index contributed by atoms with van der Waals surface area (Å²) in [6.07, 6.45) is 1.04. The summed E-state index contributed by atoms with van der Waals surface area (Å²) in [4.78, 5) is 0. The smallest absolute Gasteiger partial charge is 0.376 e. The van der Waals surface area contributed by atoms with Crippen molar-refractivity contribution in [3.8, 4) is 0 Å². The second-order valence-corrected chi connectivity index (χ2v) is 8.42. The molecule has 0 aliphatic heterocycles. The van der Waals surface area contributed by atoms with Crippen LogP contribution >= 0.6 is 11.6 Å². The zero-order valence-electron chi connectivity index (χ0n) is 12.4. The molecule has 0 bridgehead atoms. The Morgan fingerprint density at radius 1 is 1.05 bits per heavy atom. The van der Waals surface area contributed by atoms with Crippen molar-refractivity contribution >= 4 is 25.3 Å². The normalized spacial score (nSPS) is 13.5. The molecule has 0 saturated carbocycles. The van der Waals surface area contributed by atoms with Crippen LogP contribution in [0.1, 0.15) is 33.3 Å². The summed E-state index contributed by atoms with van der Waals surface area (Å²) in [7, 11) is -2.44. The van der Waals surface area contributed by atoms with Crippen molar-refractivity contribution in [1.29, 1.82) is 0 Å². The van der Waals surface area contributed by atoms with Gasteiger partial charge in [0.05, 0.1) is 0 Å². The standard InChI is InChI=1S/C15H25ClO2Si/c1-5-14-8-10-15(11-9-14)19(17-6-2,18-7-3)13(4)12-16/h8-11,13H,5-7,12H2,1-4H3. The van der Waals surface area contributed by atoms with Gasteiger partial charge in [0.1, 0.15) is 0 Å². The third kappa shape index (κ3) is 3.82. The van der Waals surface area contributed by atoms with E-state index in [1.54, 1.807) is 0 Å². The van der Waals surface area contributed by atoms with Crippen molar-refractivity contribution in [2.45, 2.75) is 39.7 Å². The highest BCUT2D eigenvalue weighted by molar-refractivity contribution is 6.82. The molecule has 19 heavy (non-hydrogen) atoms. The van der Waals surface area contributed by atoms with Gasteiger partial charge in [0.15, 0.2) is 0 Å². The highest BCUT2D eigenvalue weighted by Gasteiger charge is 2.45. The van der Waals surface area contributed by atoms with Gasteiger partial charge in [-0.3, -0.25) is 0 Å². The maximum Gasteiger partial charge on any atom is 0.376 e. The molecule has 108 valence electrons. The fourth-order valence-corrected chi connectivity index (χ4v) is 6.14. The van der Waals surface area contributed by atoms with Crippen molar-refractivity contribution in [3.63, 3.8) is 0 Å². The van der Waals surface area contributed by atoms with Gasteiger partial charge in [0, 0.05) is 24.6 Å². The highest BCUT2D eigenvalue weighted by Crippen LogP contribution is 2.25.